The van der Waals surface area contributed by atoms with Gasteiger partial charge in [-0.1, -0.05) is 13.0 Å². The molecule has 0 aliphatic heterocycles. The summed E-state index contributed by atoms with van der Waals surface area (Å²) >= 11 is 0. The van der Waals surface area contributed by atoms with Gasteiger partial charge in [0.1, 0.15) is 5.78 Å². The number of aliphatic hydroxyl groups is 1. The van der Waals surface area contributed by atoms with Gasteiger partial charge in [-0.05, 0) is 73.5 Å². The molecule has 0 aromatic carbocycles. The molecule has 3 fully saturated rings. The fourth-order valence-corrected chi connectivity index (χ4v) is 6.04. The molecule has 4 rings (SSSR count). The quantitative estimate of drug-likeness (QED) is 0.815. The lowest BCUT2D eigenvalue weighted by atomic mass is 9.54. The van der Waals surface area contributed by atoms with Crippen molar-refractivity contribution in [2.24, 2.45) is 23.2 Å². The molecule has 4 nitrogen and oxygen atoms in total. The van der Waals surface area contributed by atoms with Crippen LogP contribution in [0.1, 0.15) is 58.3 Å². The second kappa shape index (κ2) is 5.29. The number of carboxylic acids is 1. The highest BCUT2D eigenvalue weighted by Gasteiger charge is 2.55. The van der Waals surface area contributed by atoms with Gasteiger partial charge in [-0.3, -0.25) is 9.59 Å². The minimum absolute atomic E-state index is 0.109. The number of carboxylic acid groups (broad SMARTS) is 1. The van der Waals surface area contributed by atoms with Crippen molar-refractivity contribution < 1.29 is 19.8 Å². The number of hydrogen-bond acceptors (Lipinski definition) is 3. The fraction of sp³-hybridized carbons (Fsp3) is 0.700. The van der Waals surface area contributed by atoms with E-state index in [0.717, 1.165) is 44.1 Å². The molecule has 0 amide bonds. The van der Waals surface area contributed by atoms with Crippen LogP contribution in [0.25, 0.3) is 0 Å². The standard InChI is InChI=1S/C20H26O4/c1-19-8-6-14-13-7-9-20(24,11-18(22)23)10-12(13)2-3-15(14)16(19)4-5-17(19)21/h7,10,14-16,24H,2-6,8-9,11H2,1H3,(H,22,23)/t14-,15-,16+,19+,20?/m1/s1. The van der Waals surface area contributed by atoms with Crippen molar-refractivity contribution in [3.63, 3.8) is 0 Å². The number of ketones is 1. The summed E-state index contributed by atoms with van der Waals surface area (Å²) in [5.74, 6) is 1.07. The third-order valence-corrected chi connectivity index (χ3v) is 7.24. The molecule has 4 aliphatic rings. The van der Waals surface area contributed by atoms with Crippen molar-refractivity contribution in [1.82, 2.24) is 0 Å². The Labute approximate surface area is 142 Å². The van der Waals surface area contributed by atoms with Crippen molar-refractivity contribution in [3.8, 4) is 0 Å². The van der Waals surface area contributed by atoms with E-state index in [1.165, 1.54) is 5.57 Å². The van der Waals surface area contributed by atoms with Crippen LogP contribution < -0.4 is 0 Å². The maximum Gasteiger partial charge on any atom is 0.306 e. The number of allylic oxidation sites excluding steroid dienone is 2. The van der Waals surface area contributed by atoms with E-state index >= 15 is 0 Å². The zero-order chi connectivity index (χ0) is 17.1. The smallest absolute Gasteiger partial charge is 0.306 e. The summed E-state index contributed by atoms with van der Waals surface area (Å²) < 4.78 is 0. The molecule has 0 aromatic heterocycles. The molecule has 4 aliphatic carbocycles. The average molecular weight is 330 g/mol. The number of hydrogen-bond donors (Lipinski definition) is 2. The second-order valence-electron chi connectivity index (χ2n) is 8.54. The van der Waals surface area contributed by atoms with Gasteiger partial charge in [-0.2, -0.15) is 0 Å². The summed E-state index contributed by atoms with van der Waals surface area (Å²) in [7, 11) is 0. The monoisotopic (exact) mass is 330 g/mol. The molecule has 0 bridgehead atoms. The summed E-state index contributed by atoms with van der Waals surface area (Å²) in [6, 6.07) is 0. The molecule has 0 aromatic rings. The number of Topliss-reactive ketones (excluding diaryl/α,β-unsaturated/α-hetero) is 1. The van der Waals surface area contributed by atoms with Crippen LogP contribution in [-0.4, -0.2) is 27.6 Å². The molecule has 0 spiro atoms. The predicted molar refractivity (Wildman–Crippen MR) is 89.3 cm³/mol. The Bertz CT molecular complexity index is 661. The van der Waals surface area contributed by atoms with Crippen LogP contribution in [0.2, 0.25) is 0 Å². The lowest BCUT2D eigenvalue weighted by Gasteiger charge is -2.50. The van der Waals surface area contributed by atoms with E-state index in [1.54, 1.807) is 0 Å². The molecular weight excluding hydrogens is 304 g/mol. The van der Waals surface area contributed by atoms with E-state index in [-0.39, 0.29) is 11.8 Å². The molecule has 0 heterocycles. The molecule has 3 saturated carbocycles. The first-order valence-corrected chi connectivity index (χ1v) is 9.22. The highest BCUT2D eigenvalue weighted by Crippen LogP contribution is 2.60. The third-order valence-electron chi connectivity index (χ3n) is 7.24. The highest BCUT2D eigenvalue weighted by atomic mass is 16.4. The van der Waals surface area contributed by atoms with E-state index in [4.69, 9.17) is 5.11 Å². The van der Waals surface area contributed by atoms with Crippen LogP contribution >= 0.6 is 0 Å². The van der Waals surface area contributed by atoms with Crippen molar-refractivity contribution in [1.29, 1.82) is 0 Å². The minimum atomic E-state index is -1.23. The Hall–Kier alpha value is -1.42. The van der Waals surface area contributed by atoms with Gasteiger partial charge in [0, 0.05) is 11.8 Å². The van der Waals surface area contributed by atoms with E-state index in [0.29, 0.717) is 30.0 Å². The summed E-state index contributed by atoms with van der Waals surface area (Å²) in [4.78, 5) is 23.4. The molecule has 0 saturated heterocycles. The van der Waals surface area contributed by atoms with Gasteiger partial charge in [0.25, 0.3) is 0 Å². The lowest BCUT2D eigenvalue weighted by Crippen LogP contribution is -2.44. The molecule has 130 valence electrons. The number of fused-ring (bicyclic) bond motifs is 5. The third kappa shape index (κ3) is 2.30. The van der Waals surface area contributed by atoms with Crippen LogP contribution in [0.3, 0.4) is 0 Å². The highest BCUT2D eigenvalue weighted by molar-refractivity contribution is 5.87. The van der Waals surface area contributed by atoms with Gasteiger partial charge in [0.05, 0.1) is 12.0 Å². The van der Waals surface area contributed by atoms with Crippen molar-refractivity contribution in [3.05, 3.63) is 23.3 Å². The van der Waals surface area contributed by atoms with Gasteiger partial charge in [-0.15, -0.1) is 0 Å². The zero-order valence-corrected chi connectivity index (χ0v) is 14.3. The van der Waals surface area contributed by atoms with Gasteiger partial charge in [0.15, 0.2) is 0 Å². The molecule has 1 unspecified atom stereocenters. The number of aliphatic carboxylic acids is 1. The topological polar surface area (TPSA) is 74.6 Å². The zero-order valence-electron chi connectivity index (χ0n) is 14.3. The minimum Gasteiger partial charge on any atom is -0.481 e. The fourth-order valence-electron chi connectivity index (χ4n) is 6.04. The maximum atomic E-state index is 12.4. The molecule has 0 radical (unpaired) electrons. The van der Waals surface area contributed by atoms with Crippen LogP contribution in [0.4, 0.5) is 0 Å². The largest absolute Gasteiger partial charge is 0.481 e. The number of rotatable bonds is 2. The number of carbonyl (C=O) groups excluding carboxylic acids is 1. The Kier molecular flexibility index (Phi) is 3.54. The van der Waals surface area contributed by atoms with Crippen molar-refractivity contribution in [2.45, 2.75) is 63.9 Å². The van der Waals surface area contributed by atoms with E-state index in [1.807, 2.05) is 6.08 Å². The van der Waals surface area contributed by atoms with E-state index in [2.05, 4.69) is 13.0 Å². The predicted octanol–water partition coefficient (Wildman–Crippen LogP) is 3.25. The SMILES string of the molecule is C[C@]12CC[C@@H]3C4=CCC(O)(CC(=O)O)C=C4CC[C@H]3[C@@H]1CCC2=O. The molecule has 2 N–H and O–H groups in total. The van der Waals surface area contributed by atoms with Crippen molar-refractivity contribution in [2.75, 3.05) is 0 Å². The first-order chi connectivity index (χ1) is 11.3. The van der Waals surface area contributed by atoms with Gasteiger partial charge in [-0.25, -0.2) is 0 Å². The molecule has 5 atom stereocenters. The Morgan fingerprint density at radius 3 is 2.83 bits per heavy atom. The summed E-state index contributed by atoms with van der Waals surface area (Å²) in [5.41, 5.74) is 1.15. The molecule has 24 heavy (non-hydrogen) atoms. The Balaban J connectivity index is 1.60. The van der Waals surface area contributed by atoms with Crippen molar-refractivity contribution >= 4 is 11.8 Å². The molecular formula is C20H26O4. The Morgan fingerprint density at radius 1 is 1.29 bits per heavy atom. The van der Waals surface area contributed by atoms with Crippen LogP contribution in [0.5, 0.6) is 0 Å². The van der Waals surface area contributed by atoms with E-state index in [9.17, 15) is 14.7 Å². The summed E-state index contributed by atoms with van der Waals surface area (Å²) in [5, 5.41) is 19.6. The number of carbonyl (C=O) groups is 2. The van der Waals surface area contributed by atoms with Gasteiger partial charge in [0.2, 0.25) is 0 Å². The molecule has 4 heteroatoms. The van der Waals surface area contributed by atoms with Crippen LogP contribution in [-0.2, 0) is 9.59 Å². The lowest BCUT2D eigenvalue weighted by molar-refractivity contribution is -0.140. The summed E-state index contributed by atoms with van der Waals surface area (Å²) in [6.07, 6.45) is 9.82. The van der Waals surface area contributed by atoms with E-state index < -0.39 is 11.6 Å². The Morgan fingerprint density at radius 2 is 2.08 bits per heavy atom. The maximum absolute atomic E-state index is 12.4. The van der Waals surface area contributed by atoms with Gasteiger partial charge < -0.3 is 10.2 Å². The van der Waals surface area contributed by atoms with Crippen LogP contribution in [0, 0.1) is 23.2 Å². The summed E-state index contributed by atoms with van der Waals surface area (Å²) in [6.45, 7) is 2.18. The first kappa shape index (κ1) is 16.1. The first-order valence-electron chi connectivity index (χ1n) is 9.22. The second-order valence-corrected chi connectivity index (χ2v) is 8.54. The average Bonchev–Trinajstić information content (AvgIpc) is 2.81. The van der Waals surface area contributed by atoms with Crippen LogP contribution in [0.15, 0.2) is 23.3 Å². The normalized spacial score (nSPS) is 44.1. The van der Waals surface area contributed by atoms with Gasteiger partial charge >= 0.3 is 5.97 Å².